The van der Waals surface area contributed by atoms with E-state index < -0.39 is 5.25 Å². The number of carbonyl (C=O) groups is 1. The molecule has 1 amide bonds. The van der Waals surface area contributed by atoms with E-state index in [-0.39, 0.29) is 11.9 Å². The van der Waals surface area contributed by atoms with Crippen molar-refractivity contribution in [3.05, 3.63) is 30.7 Å². The number of anilines is 1. The molecule has 0 aromatic carbocycles. The van der Waals surface area contributed by atoms with Gasteiger partial charge in [-0.1, -0.05) is 18.7 Å². The molecule has 0 bridgehead atoms. The largest absolute Gasteiger partial charge is 0.461 e. The van der Waals surface area contributed by atoms with Gasteiger partial charge in [-0.05, 0) is 32.4 Å². The van der Waals surface area contributed by atoms with E-state index in [1.807, 2.05) is 6.92 Å². The lowest BCUT2D eigenvalue weighted by Gasteiger charge is -2.16. The number of hydrogen-bond acceptors (Lipinski definition) is 7. The van der Waals surface area contributed by atoms with Crippen LogP contribution in [0.2, 0.25) is 0 Å². The summed E-state index contributed by atoms with van der Waals surface area (Å²) in [5, 5.41) is 15.2. The molecule has 0 radical (unpaired) electrons. The van der Waals surface area contributed by atoms with Gasteiger partial charge in [-0.2, -0.15) is 5.10 Å². The summed E-state index contributed by atoms with van der Waals surface area (Å²) in [5.41, 5.74) is 0. The maximum Gasteiger partial charge on any atom is 0.238 e. The first-order valence-electron chi connectivity index (χ1n) is 8.26. The number of carbonyl (C=O) groups excluding carboxylic acids is 1. The van der Waals surface area contributed by atoms with Gasteiger partial charge >= 0.3 is 0 Å². The number of amides is 1. The van der Waals surface area contributed by atoms with Gasteiger partial charge in [0.25, 0.3) is 0 Å². The van der Waals surface area contributed by atoms with Crippen LogP contribution in [0, 0.1) is 0 Å². The Morgan fingerprint density at radius 2 is 2.19 bits per heavy atom. The highest BCUT2D eigenvalue weighted by Gasteiger charge is 2.22. The van der Waals surface area contributed by atoms with Crippen LogP contribution in [0.5, 0.6) is 0 Å². The molecule has 0 aliphatic rings. The van der Waals surface area contributed by atoms with E-state index in [0.717, 1.165) is 6.42 Å². The molecular formula is C16H21N7O2S. The topological polar surface area (TPSA) is 117 Å². The number of rotatable bonds is 7. The van der Waals surface area contributed by atoms with Crippen LogP contribution in [0.4, 0.5) is 5.82 Å². The molecule has 0 unspecified atom stereocenters. The van der Waals surface area contributed by atoms with Gasteiger partial charge in [-0.25, -0.2) is 9.36 Å². The maximum atomic E-state index is 12.5. The molecule has 2 atom stereocenters. The van der Waals surface area contributed by atoms with Gasteiger partial charge in [0.2, 0.25) is 16.9 Å². The van der Waals surface area contributed by atoms with E-state index in [2.05, 4.69) is 27.5 Å². The van der Waals surface area contributed by atoms with Crippen LogP contribution >= 0.6 is 11.8 Å². The first-order chi connectivity index (χ1) is 12.5. The number of nitrogens with one attached hydrogen (secondary N) is 1. The second-order valence-electron chi connectivity index (χ2n) is 5.82. The standard InChI is InChI=1S/C16H21N7O2S/c1-4-10(2)23-13(7-8-18-23)19-15(24)11(3)26-16-21-20-14(22(16)17)12-6-5-9-25-12/h5-11H,4,17H2,1-3H3,(H,19,24)/t10-,11-/m0/s1. The molecule has 9 nitrogen and oxygen atoms in total. The molecule has 138 valence electrons. The molecule has 0 fully saturated rings. The maximum absolute atomic E-state index is 12.5. The van der Waals surface area contributed by atoms with Crippen LogP contribution in [0.15, 0.2) is 40.2 Å². The lowest BCUT2D eigenvalue weighted by atomic mass is 10.3. The third-order valence-electron chi connectivity index (χ3n) is 3.99. The number of nitrogen functional groups attached to an aromatic ring is 1. The summed E-state index contributed by atoms with van der Waals surface area (Å²) in [6.07, 6.45) is 4.12. The van der Waals surface area contributed by atoms with Crippen molar-refractivity contribution in [3.8, 4) is 11.6 Å². The Balaban J connectivity index is 1.68. The Kier molecular flexibility index (Phi) is 5.31. The van der Waals surface area contributed by atoms with Gasteiger partial charge in [0, 0.05) is 6.07 Å². The van der Waals surface area contributed by atoms with Gasteiger partial charge in [0.05, 0.1) is 23.8 Å². The molecular weight excluding hydrogens is 354 g/mol. The molecule has 0 spiro atoms. The summed E-state index contributed by atoms with van der Waals surface area (Å²) in [6, 6.07) is 5.47. The number of nitrogens with two attached hydrogens (primary N) is 1. The molecule has 0 aliphatic heterocycles. The highest BCUT2D eigenvalue weighted by Crippen LogP contribution is 2.26. The normalized spacial score (nSPS) is 13.5. The minimum atomic E-state index is -0.425. The van der Waals surface area contributed by atoms with Crippen molar-refractivity contribution >= 4 is 23.5 Å². The van der Waals surface area contributed by atoms with Gasteiger partial charge in [0.1, 0.15) is 5.82 Å². The summed E-state index contributed by atoms with van der Waals surface area (Å²) in [4.78, 5) is 12.5. The Morgan fingerprint density at radius 1 is 1.38 bits per heavy atom. The Labute approximate surface area is 154 Å². The number of aromatic nitrogens is 5. The molecule has 0 aliphatic carbocycles. The molecule has 3 rings (SSSR count). The van der Waals surface area contributed by atoms with E-state index in [0.29, 0.717) is 22.6 Å². The first-order valence-corrected chi connectivity index (χ1v) is 9.14. The molecule has 0 saturated carbocycles. The summed E-state index contributed by atoms with van der Waals surface area (Å²) in [6.45, 7) is 5.90. The Hall–Kier alpha value is -2.75. The molecule has 0 saturated heterocycles. The minimum Gasteiger partial charge on any atom is -0.461 e. The van der Waals surface area contributed by atoms with Crippen LogP contribution in [0.1, 0.15) is 33.2 Å². The van der Waals surface area contributed by atoms with E-state index in [4.69, 9.17) is 10.3 Å². The van der Waals surface area contributed by atoms with Crippen molar-refractivity contribution in [2.75, 3.05) is 11.2 Å². The van der Waals surface area contributed by atoms with Crippen LogP contribution in [0.25, 0.3) is 11.6 Å². The zero-order valence-electron chi connectivity index (χ0n) is 14.8. The van der Waals surface area contributed by atoms with Crippen molar-refractivity contribution in [2.24, 2.45) is 0 Å². The number of hydrogen-bond donors (Lipinski definition) is 2. The summed E-state index contributed by atoms with van der Waals surface area (Å²) < 4.78 is 8.40. The molecule has 26 heavy (non-hydrogen) atoms. The van der Waals surface area contributed by atoms with E-state index in [1.54, 1.807) is 36.0 Å². The lowest BCUT2D eigenvalue weighted by molar-refractivity contribution is -0.115. The lowest BCUT2D eigenvalue weighted by Crippen LogP contribution is -2.25. The van der Waals surface area contributed by atoms with E-state index >= 15 is 0 Å². The van der Waals surface area contributed by atoms with Crippen LogP contribution in [0.3, 0.4) is 0 Å². The van der Waals surface area contributed by atoms with Crippen molar-refractivity contribution in [1.82, 2.24) is 24.7 Å². The van der Waals surface area contributed by atoms with E-state index in [1.165, 1.54) is 22.7 Å². The summed E-state index contributed by atoms with van der Waals surface area (Å²) in [7, 11) is 0. The summed E-state index contributed by atoms with van der Waals surface area (Å²) in [5.74, 6) is 7.45. The third kappa shape index (κ3) is 3.59. The molecule has 10 heteroatoms. The predicted molar refractivity (Wildman–Crippen MR) is 99.1 cm³/mol. The van der Waals surface area contributed by atoms with Crippen molar-refractivity contribution in [1.29, 1.82) is 0 Å². The molecule has 3 aromatic heterocycles. The molecule has 3 N–H and O–H groups in total. The molecule has 3 heterocycles. The smallest absolute Gasteiger partial charge is 0.238 e. The van der Waals surface area contributed by atoms with Crippen LogP contribution in [-0.4, -0.2) is 35.8 Å². The summed E-state index contributed by atoms with van der Waals surface area (Å²) >= 11 is 1.22. The third-order valence-corrected chi connectivity index (χ3v) is 5.04. The fourth-order valence-corrected chi connectivity index (χ4v) is 3.08. The van der Waals surface area contributed by atoms with Crippen molar-refractivity contribution in [2.45, 2.75) is 43.6 Å². The number of furan rings is 1. The monoisotopic (exact) mass is 375 g/mol. The fraction of sp³-hybridized carbons (Fsp3) is 0.375. The highest BCUT2D eigenvalue weighted by molar-refractivity contribution is 8.00. The first kappa shape index (κ1) is 18.1. The minimum absolute atomic E-state index is 0.164. The van der Waals surface area contributed by atoms with E-state index in [9.17, 15) is 4.79 Å². The quantitative estimate of drug-likeness (QED) is 0.481. The molecule has 3 aromatic rings. The average molecular weight is 375 g/mol. The van der Waals surface area contributed by atoms with Crippen molar-refractivity contribution < 1.29 is 9.21 Å². The Morgan fingerprint density at radius 3 is 2.88 bits per heavy atom. The van der Waals surface area contributed by atoms with Crippen LogP contribution in [-0.2, 0) is 4.79 Å². The zero-order valence-corrected chi connectivity index (χ0v) is 15.6. The predicted octanol–water partition coefficient (Wildman–Crippen LogP) is 2.54. The highest BCUT2D eigenvalue weighted by atomic mass is 32.2. The Bertz CT molecular complexity index is 871. The van der Waals surface area contributed by atoms with Crippen molar-refractivity contribution in [3.63, 3.8) is 0 Å². The second kappa shape index (κ2) is 7.65. The number of nitrogens with zero attached hydrogens (tertiary/aromatic N) is 5. The SMILES string of the molecule is CC[C@H](C)n1nccc1NC(=O)[C@H](C)Sc1nnc(-c2ccco2)n1N. The second-order valence-corrected chi connectivity index (χ2v) is 7.13. The van der Waals surface area contributed by atoms with Gasteiger partial charge in [-0.15, -0.1) is 10.2 Å². The van der Waals surface area contributed by atoms with Crippen LogP contribution < -0.4 is 11.2 Å². The number of thioether (sulfide) groups is 1. The fourth-order valence-electron chi connectivity index (χ4n) is 2.31. The zero-order chi connectivity index (χ0) is 18.7. The van der Waals surface area contributed by atoms with Gasteiger partial charge in [0.15, 0.2) is 5.76 Å². The van der Waals surface area contributed by atoms with Gasteiger partial charge in [-0.3, -0.25) is 4.79 Å². The average Bonchev–Trinajstić information content (AvgIpc) is 3.36. The van der Waals surface area contributed by atoms with Gasteiger partial charge < -0.3 is 15.6 Å².